The number of carbonyl (C=O) groups excluding carboxylic acids is 2. The lowest BCUT2D eigenvalue weighted by molar-refractivity contribution is -0.689. The maximum absolute atomic E-state index is 12.9. The Labute approximate surface area is 205 Å². The van der Waals surface area contributed by atoms with E-state index in [9.17, 15) is 24.3 Å². The van der Waals surface area contributed by atoms with Crippen LogP contribution in [0, 0.1) is 0 Å². The molecule has 182 valence electrons. The first-order chi connectivity index (χ1) is 16.8. The molecule has 0 bridgehead atoms. The number of aliphatic carboxylic acids is 2. The van der Waals surface area contributed by atoms with Crippen molar-refractivity contribution < 1.29 is 38.8 Å². The van der Waals surface area contributed by atoms with E-state index in [1.165, 1.54) is 11.8 Å². The molecule has 14 nitrogen and oxygen atoms in total. The van der Waals surface area contributed by atoms with Gasteiger partial charge in [-0.25, -0.2) is 14.2 Å². The molecule has 0 radical (unpaired) electrons. The molecule has 2 aliphatic heterocycles. The van der Waals surface area contributed by atoms with E-state index in [0.29, 0.717) is 11.3 Å². The van der Waals surface area contributed by atoms with Crippen LogP contribution in [0.15, 0.2) is 47.0 Å². The fourth-order valence-electron chi connectivity index (χ4n) is 3.44. The molecule has 2 aliphatic rings. The molecule has 2 aromatic heterocycles. The summed E-state index contributed by atoms with van der Waals surface area (Å²) in [6.45, 7) is -0.530. The van der Waals surface area contributed by atoms with E-state index in [-0.39, 0.29) is 23.2 Å². The van der Waals surface area contributed by atoms with Gasteiger partial charge in [0.1, 0.15) is 17.1 Å². The van der Waals surface area contributed by atoms with Gasteiger partial charge >= 0.3 is 11.9 Å². The first kappa shape index (κ1) is 24.1. The predicted octanol–water partition coefficient (Wildman–Crippen LogP) is -1.35. The van der Waals surface area contributed by atoms with Crippen molar-refractivity contribution >= 4 is 57.9 Å². The molecule has 5 N–H and O–H groups in total. The average molecular weight is 521 g/mol. The highest BCUT2D eigenvalue weighted by atomic mass is 32.2. The van der Waals surface area contributed by atoms with Crippen LogP contribution in [0.5, 0.6) is 0 Å². The molecule has 4 rings (SSSR count). The predicted molar refractivity (Wildman–Crippen MR) is 121 cm³/mol. The van der Waals surface area contributed by atoms with Gasteiger partial charge in [0.05, 0.1) is 0 Å². The Morgan fingerprint density at radius 2 is 2.03 bits per heavy atom. The average Bonchev–Trinajstić information content (AvgIpc) is 3.25. The first-order valence-electron chi connectivity index (χ1n) is 9.92. The third-order valence-corrected chi connectivity index (χ3v) is 6.78. The van der Waals surface area contributed by atoms with Crippen LogP contribution in [0.4, 0.5) is 5.13 Å². The number of pyridine rings is 1. The van der Waals surface area contributed by atoms with Crippen molar-refractivity contribution in [3.63, 3.8) is 0 Å². The number of anilines is 1. The zero-order valence-corrected chi connectivity index (χ0v) is 19.4. The highest BCUT2D eigenvalue weighted by Gasteiger charge is 2.54. The van der Waals surface area contributed by atoms with E-state index in [4.69, 9.17) is 10.8 Å². The van der Waals surface area contributed by atoms with Crippen LogP contribution in [-0.4, -0.2) is 77.7 Å². The van der Waals surface area contributed by atoms with Crippen molar-refractivity contribution in [2.45, 2.75) is 18.0 Å². The molecule has 16 heteroatoms. The number of carboxylic acids is 2. The number of amides is 2. The Morgan fingerprint density at radius 3 is 2.66 bits per heavy atom. The van der Waals surface area contributed by atoms with Crippen molar-refractivity contribution in [1.29, 1.82) is 0 Å². The van der Waals surface area contributed by atoms with Crippen LogP contribution >= 0.6 is 23.3 Å². The number of carbonyl (C=O) groups is 4. The summed E-state index contributed by atoms with van der Waals surface area (Å²) in [5.74, 6) is -3.95. The van der Waals surface area contributed by atoms with Gasteiger partial charge in [-0.15, -0.1) is 11.8 Å². The molecular weight excluding hydrogens is 502 g/mol. The quantitative estimate of drug-likeness (QED) is 0.132. The minimum atomic E-state index is -1.32. The molecular formula is C19H18N7O7S2+. The molecule has 0 aliphatic carbocycles. The molecule has 1 saturated heterocycles. The topological polar surface area (TPSA) is 201 Å². The molecule has 1 fully saturated rings. The summed E-state index contributed by atoms with van der Waals surface area (Å²) in [7, 11) is 0. The maximum atomic E-state index is 12.9. The zero-order chi connectivity index (χ0) is 25.1. The second-order valence-corrected chi connectivity index (χ2v) is 9.12. The molecule has 2 amide bonds. The molecule has 35 heavy (non-hydrogen) atoms. The normalized spacial score (nSPS) is 19.6. The first-order valence-corrected chi connectivity index (χ1v) is 11.7. The zero-order valence-electron chi connectivity index (χ0n) is 17.7. The van der Waals surface area contributed by atoms with Gasteiger partial charge < -0.3 is 26.1 Å². The van der Waals surface area contributed by atoms with Crippen molar-refractivity contribution in [3.05, 3.63) is 47.7 Å². The van der Waals surface area contributed by atoms with Crippen LogP contribution in [0.2, 0.25) is 0 Å². The number of nitrogen functional groups attached to an aromatic ring is 1. The molecule has 4 heterocycles. The number of hydrogen-bond acceptors (Lipinski definition) is 11. The van der Waals surface area contributed by atoms with Gasteiger partial charge in [0.15, 0.2) is 24.1 Å². The fraction of sp³-hybridized carbons (Fsp3) is 0.263. The lowest BCUT2D eigenvalue weighted by Gasteiger charge is -2.49. The molecule has 2 atom stereocenters. The second-order valence-electron chi connectivity index (χ2n) is 7.23. The molecule has 0 aromatic carbocycles. The fourth-order valence-corrected chi connectivity index (χ4v) is 5.21. The van der Waals surface area contributed by atoms with Crippen LogP contribution in [0.1, 0.15) is 5.82 Å². The third-order valence-electron chi connectivity index (χ3n) is 4.90. The maximum Gasteiger partial charge on any atom is 0.352 e. The Kier molecular flexibility index (Phi) is 6.92. The summed E-state index contributed by atoms with van der Waals surface area (Å²) in [5.41, 5.74) is 5.52. The van der Waals surface area contributed by atoms with Crippen LogP contribution < -0.4 is 15.6 Å². The number of β-lactam (4-membered cyclic amide) rings is 1. The van der Waals surface area contributed by atoms with Crippen molar-refractivity contribution in [1.82, 2.24) is 19.6 Å². The molecule has 1 unspecified atom stereocenters. The summed E-state index contributed by atoms with van der Waals surface area (Å²) in [6.07, 6.45) is 3.58. The number of carboxylic acid groups (broad SMARTS) is 2. The number of fused-ring (bicyclic) bond motifs is 1. The van der Waals surface area contributed by atoms with Gasteiger partial charge in [0.25, 0.3) is 11.8 Å². The summed E-state index contributed by atoms with van der Waals surface area (Å²) in [6, 6.07) is 4.41. The SMILES string of the molecule is Nc1nc(C(=NOCC(=O)O)C(=O)NC2C(=O)N3C(C(=O)O)=C(C[n+]4ccccc4)CS[C@H]23)ns1. The van der Waals surface area contributed by atoms with Crippen LogP contribution in [0.25, 0.3) is 0 Å². The van der Waals surface area contributed by atoms with E-state index in [0.717, 1.165) is 16.4 Å². The highest BCUT2D eigenvalue weighted by molar-refractivity contribution is 8.00. The monoisotopic (exact) mass is 520 g/mol. The Balaban J connectivity index is 1.52. The van der Waals surface area contributed by atoms with E-state index >= 15 is 0 Å². The Morgan fingerprint density at radius 1 is 1.29 bits per heavy atom. The van der Waals surface area contributed by atoms with Gasteiger partial charge in [-0.3, -0.25) is 14.5 Å². The summed E-state index contributed by atoms with van der Waals surface area (Å²) in [5, 5.41) is 23.9. The van der Waals surface area contributed by atoms with Crippen molar-refractivity contribution in [2.24, 2.45) is 5.16 Å². The number of nitrogens with one attached hydrogen (secondary N) is 1. The summed E-state index contributed by atoms with van der Waals surface area (Å²) >= 11 is 2.09. The summed E-state index contributed by atoms with van der Waals surface area (Å²) < 4.78 is 5.67. The van der Waals surface area contributed by atoms with Gasteiger partial charge in [0, 0.05) is 35.0 Å². The number of nitrogens with zero attached hydrogens (tertiary/aromatic N) is 5. The molecule has 2 aromatic rings. The van der Waals surface area contributed by atoms with Gasteiger partial charge in [-0.1, -0.05) is 11.2 Å². The Bertz CT molecular complexity index is 1250. The highest BCUT2D eigenvalue weighted by Crippen LogP contribution is 2.40. The minimum absolute atomic E-state index is 0.0347. The Hall–Kier alpha value is -4.05. The molecule has 0 spiro atoms. The number of oxime groups is 1. The van der Waals surface area contributed by atoms with Crippen molar-refractivity contribution in [3.8, 4) is 0 Å². The van der Waals surface area contributed by atoms with E-state index < -0.39 is 47.5 Å². The smallest absolute Gasteiger partial charge is 0.352 e. The second kappa shape index (κ2) is 10.1. The van der Waals surface area contributed by atoms with E-state index in [2.05, 4.69) is 24.7 Å². The lowest BCUT2D eigenvalue weighted by atomic mass is 10.0. The third kappa shape index (κ3) is 5.07. The van der Waals surface area contributed by atoms with Crippen molar-refractivity contribution in [2.75, 3.05) is 18.1 Å². The minimum Gasteiger partial charge on any atom is -0.479 e. The molecule has 0 saturated carbocycles. The number of aromatic nitrogens is 3. The van der Waals surface area contributed by atoms with Gasteiger partial charge in [0.2, 0.25) is 18.1 Å². The van der Waals surface area contributed by atoms with Gasteiger partial charge in [-0.2, -0.15) is 9.36 Å². The lowest BCUT2D eigenvalue weighted by Crippen LogP contribution is -2.71. The van der Waals surface area contributed by atoms with E-state index in [1.807, 2.05) is 18.2 Å². The van der Waals surface area contributed by atoms with Crippen LogP contribution in [0.3, 0.4) is 0 Å². The number of nitrogens with two attached hydrogens (primary N) is 1. The number of hydrogen-bond donors (Lipinski definition) is 4. The number of thioether (sulfide) groups is 1. The number of rotatable bonds is 9. The largest absolute Gasteiger partial charge is 0.479 e. The van der Waals surface area contributed by atoms with E-state index in [1.54, 1.807) is 17.0 Å². The van der Waals surface area contributed by atoms with Crippen LogP contribution in [-0.2, 0) is 30.6 Å². The summed E-state index contributed by atoms with van der Waals surface area (Å²) in [4.78, 5) is 58.1. The standard InChI is InChI=1S/C19H17N7O7S2/c20-19-22-14(24-35-19)11(23-33-7-10(27)28)15(29)21-12-16(30)26-13(18(31)32)9(8-34-17(12)26)6-25-4-2-1-3-5-25/h1-5,12,17H,6-8H2,(H4-,20,21,22,24,27,28,29,31,32)/p+1/t12?,17-/m1/s1. The van der Waals surface area contributed by atoms with Gasteiger partial charge in [-0.05, 0) is 0 Å².